The SMILES string of the molecule is Cc1cccc(CC(CCl)CC2CCOCC2)c1. The number of rotatable bonds is 5. The van der Waals surface area contributed by atoms with Crippen LogP contribution in [0.25, 0.3) is 0 Å². The molecule has 2 rings (SSSR count). The number of halogens is 1. The van der Waals surface area contributed by atoms with Gasteiger partial charge in [-0.05, 0) is 50.0 Å². The highest BCUT2D eigenvalue weighted by Crippen LogP contribution is 2.26. The maximum Gasteiger partial charge on any atom is 0.0468 e. The molecule has 2 heteroatoms. The second kappa shape index (κ2) is 7.16. The summed E-state index contributed by atoms with van der Waals surface area (Å²) in [7, 11) is 0. The molecule has 0 aromatic heterocycles. The molecule has 1 heterocycles. The van der Waals surface area contributed by atoms with E-state index in [4.69, 9.17) is 16.3 Å². The van der Waals surface area contributed by atoms with Gasteiger partial charge >= 0.3 is 0 Å². The van der Waals surface area contributed by atoms with Gasteiger partial charge in [0.15, 0.2) is 0 Å². The molecule has 0 spiro atoms. The Morgan fingerprint density at radius 2 is 2.11 bits per heavy atom. The third-order valence-electron chi connectivity index (χ3n) is 3.83. The first-order valence-electron chi connectivity index (χ1n) is 6.97. The lowest BCUT2D eigenvalue weighted by Crippen LogP contribution is -2.20. The molecule has 1 aromatic rings. The average Bonchev–Trinajstić information content (AvgIpc) is 2.39. The Kier molecular flexibility index (Phi) is 5.52. The minimum atomic E-state index is 0.608. The molecular formula is C16H23ClO. The van der Waals surface area contributed by atoms with Gasteiger partial charge in [-0.1, -0.05) is 29.8 Å². The lowest BCUT2D eigenvalue weighted by Gasteiger charge is -2.25. The molecule has 1 aliphatic heterocycles. The molecule has 1 atom stereocenters. The Hall–Kier alpha value is -0.530. The minimum absolute atomic E-state index is 0.608. The maximum absolute atomic E-state index is 6.15. The zero-order valence-electron chi connectivity index (χ0n) is 11.2. The molecule has 100 valence electrons. The van der Waals surface area contributed by atoms with Crippen LogP contribution in [0.1, 0.15) is 30.4 Å². The maximum atomic E-state index is 6.15. The predicted octanol–water partition coefficient (Wildman–Crippen LogP) is 4.21. The molecule has 18 heavy (non-hydrogen) atoms. The Bertz CT molecular complexity index is 358. The summed E-state index contributed by atoms with van der Waals surface area (Å²) in [6.07, 6.45) is 4.78. The van der Waals surface area contributed by atoms with E-state index >= 15 is 0 Å². The van der Waals surface area contributed by atoms with E-state index in [1.54, 1.807) is 0 Å². The summed E-state index contributed by atoms with van der Waals surface area (Å²) in [5.41, 5.74) is 2.76. The molecule has 0 N–H and O–H groups in total. The second-order valence-electron chi connectivity index (χ2n) is 5.50. The van der Waals surface area contributed by atoms with Gasteiger partial charge in [0.1, 0.15) is 0 Å². The normalized spacial score (nSPS) is 18.8. The summed E-state index contributed by atoms with van der Waals surface area (Å²) in [6, 6.07) is 8.79. The van der Waals surface area contributed by atoms with E-state index < -0.39 is 0 Å². The van der Waals surface area contributed by atoms with Crippen LogP contribution in [0.3, 0.4) is 0 Å². The molecular weight excluding hydrogens is 244 g/mol. The van der Waals surface area contributed by atoms with Gasteiger partial charge < -0.3 is 4.74 Å². The zero-order valence-corrected chi connectivity index (χ0v) is 12.0. The molecule has 0 bridgehead atoms. The quantitative estimate of drug-likeness (QED) is 0.726. The summed E-state index contributed by atoms with van der Waals surface area (Å²) in [4.78, 5) is 0. The molecule has 1 unspecified atom stereocenters. The Labute approximate surface area is 115 Å². The fourth-order valence-electron chi connectivity index (χ4n) is 2.83. The molecule has 0 aliphatic carbocycles. The highest BCUT2D eigenvalue weighted by atomic mass is 35.5. The molecule has 1 aliphatic rings. The number of ether oxygens (including phenoxy) is 1. The van der Waals surface area contributed by atoms with E-state index in [1.807, 2.05) is 0 Å². The van der Waals surface area contributed by atoms with Crippen molar-refractivity contribution in [2.75, 3.05) is 19.1 Å². The van der Waals surface area contributed by atoms with E-state index in [-0.39, 0.29) is 0 Å². The standard InChI is InChI=1S/C16H23ClO/c1-13-3-2-4-15(9-13)11-16(12-17)10-14-5-7-18-8-6-14/h2-4,9,14,16H,5-8,10-12H2,1H3. The minimum Gasteiger partial charge on any atom is -0.381 e. The first-order valence-corrected chi connectivity index (χ1v) is 7.50. The van der Waals surface area contributed by atoms with Gasteiger partial charge in [-0.2, -0.15) is 0 Å². The first kappa shape index (κ1) is 13.9. The second-order valence-corrected chi connectivity index (χ2v) is 5.81. The van der Waals surface area contributed by atoms with Crippen LogP contribution in [0.4, 0.5) is 0 Å². The van der Waals surface area contributed by atoms with Crippen LogP contribution in [-0.4, -0.2) is 19.1 Å². The van der Waals surface area contributed by atoms with Gasteiger partial charge in [-0.15, -0.1) is 11.6 Å². The number of hydrogen-bond acceptors (Lipinski definition) is 1. The molecule has 0 radical (unpaired) electrons. The highest BCUT2D eigenvalue weighted by Gasteiger charge is 2.19. The largest absolute Gasteiger partial charge is 0.381 e. The van der Waals surface area contributed by atoms with E-state index in [2.05, 4.69) is 31.2 Å². The van der Waals surface area contributed by atoms with Crippen LogP contribution in [0.2, 0.25) is 0 Å². The van der Waals surface area contributed by atoms with Crippen molar-refractivity contribution in [2.24, 2.45) is 11.8 Å². The van der Waals surface area contributed by atoms with Gasteiger partial charge in [-0.3, -0.25) is 0 Å². The number of hydrogen-bond donors (Lipinski definition) is 0. The van der Waals surface area contributed by atoms with Crippen molar-refractivity contribution in [3.63, 3.8) is 0 Å². The van der Waals surface area contributed by atoms with Crippen LogP contribution in [0.15, 0.2) is 24.3 Å². The Morgan fingerprint density at radius 1 is 1.33 bits per heavy atom. The zero-order chi connectivity index (χ0) is 12.8. The first-order chi connectivity index (χ1) is 8.78. The summed E-state index contributed by atoms with van der Waals surface area (Å²) < 4.78 is 5.42. The van der Waals surface area contributed by atoms with Crippen LogP contribution in [0.5, 0.6) is 0 Å². The van der Waals surface area contributed by atoms with Crippen molar-refractivity contribution in [3.05, 3.63) is 35.4 Å². The van der Waals surface area contributed by atoms with Gasteiger partial charge in [-0.25, -0.2) is 0 Å². The van der Waals surface area contributed by atoms with Gasteiger partial charge in [0.05, 0.1) is 0 Å². The van der Waals surface area contributed by atoms with Gasteiger partial charge in [0, 0.05) is 19.1 Å². The van der Waals surface area contributed by atoms with Crippen LogP contribution in [-0.2, 0) is 11.2 Å². The van der Waals surface area contributed by atoms with Gasteiger partial charge in [0.2, 0.25) is 0 Å². The molecule has 1 saturated heterocycles. The summed E-state index contributed by atoms with van der Waals surface area (Å²) >= 11 is 6.15. The number of aryl methyl sites for hydroxylation is 1. The highest BCUT2D eigenvalue weighted by molar-refractivity contribution is 6.18. The smallest absolute Gasteiger partial charge is 0.0468 e. The van der Waals surface area contributed by atoms with Crippen molar-refractivity contribution in [3.8, 4) is 0 Å². The fourth-order valence-corrected chi connectivity index (χ4v) is 3.06. The third-order valence-corrected chi connectivity index (χ3v) is 4.27. The predicted molar refractivity (Wildman–Crippen MR) is 77.3 cm³/mol. The van der Waals surface area contributed by atoms with Crippen LogP contribution in [0, 0.1) is 18.8 Å². The molecule has 0 amide bonds. The van der Waals surface area contributed by atoms with Crippen molar-refractivity contribution in [2.45, 2.75) is 32.6 Å². The monoisotopic (exact) mass is 266 g/mol. The molecule has 1 fully saturated rings. The molecule has 0 saturated carbocycles. The number of benzene rings is 1. The van der Waals surface area contributed by atoms with Crippen LogP contribution >= 0.6 is 11.6 Å². The van der Waals surface area contributed by atoms with E-state index in [0.29, 0.717) is 5.92 Å². The fraction of sp³-hybridized carbons (Fsp3) is 0.625. The van der Waals surface area contributed by atoms with E-state index in [0.717, 1.165) is 31.4 Å². The topological polar surface area (TPSA) is 9.23 Å². The summed E-state index contributed by atoms with van der Waals surface area (Å²) in [6.45, 7) is 4.02. The van der Waals surface area contributed by atoms with Crippen LogP contribution < -0.4 is 0 Å². The third kappa shape index (κ3) is 4.29. The summed E-state index contributed by atoms with van der Waals surface area (Å²) in [5.74, 6) is 2.19. The molecule has 1 aromatic carbocycles. The van der Waals surface area contributed by atoms with Crippen molar-refractivity contribution in [1.82, 2.24) is 0 Å². The van der Waals surface area contributed by atoms with Crippen molar-refractivity contribution < 1.29 is 4.74 Å². The van der Waals surface area contributed by atoms with E-state index in [1.165, 1.54) is 30.4 Å². The summed E-state index contributed by atoms with van der Waals surface area (Å²) in [5, 5.41) is 0. The average molecular weight is 267 g/mol. The number of alkyl halides is 1. The van der Waals surface area contributed by atoms with E-state index in [9.17, 15) is 0 Å². The lowest BCUT2D eigenvalue weighted by molar-refractivity contribution is 0.0595. The van der Waals surface area contributed by atoms with Gasteiger partial charge in [0.25, 0.3) is 0 Å². The lowest BCUT2D eigenvalue weighted by atomic mass is 9.86. The van der Waals surface area contributed by atoms with Crippen molar-refractivity contribution >= 4 is 11.6 Å². The Balaban J connectivity index is 1.88. The van der Waals surface area contributed by atoms with Crippen molar-refractivity contribution in [1.29, 1.82) is 0 Å². The molecule has 1 nitrogen and oxygen atoms in total. The Morgan fingerprint density at radius 3 is 2.78 bits per heavy atom.